The molecule has 2 heteroatoms. The minimum absolute atomic E-state index is 0.575. The summed E-state index contributed by atoms with van der Waals surface area (Å²) in [5, 5.41) is 0. The van der Waals surface area contributed by atoms with Gasteiger partial charge >= 0.3 is 0 Å². The van der Waals surface area contributed by atoms with Crippen LogP contribution >= 0.6 is 15.9 Å². The number of likely N-dealkylation sites (N-methyl/N-ethyl adjacent to an activating group) is 1. The molecule has 0 bridgehead atoms. The monoisotopic (exact) mass is 244 g/mol. The van der Waals surface area contributed by atoms with Gasteiger partial charge in [-0.3, -0.25) is 0 Å². The van der Waals surface area contributed by atoms with Gasteiger partial charge in [0.05, 0.1) is 20.6 Å². The first-order chi connectivity index (χ1) is 5.93. The third kappa shape index (κ3) is 2.68. The fourth-order valence-corrected chi connectivity index (χ4v) is 2.78. The number of halogens is 1. The van der Waals surface area contributed by atoms with Crippen molar-refractivity contribution in [3.8, 4) is 0 Å². The Morgan fingerprint density at radius 1 is 1.69 bits per heavy atom. The van der Waals surface area contributed by atoms with E-state index in [0.717, 1.165) is 10.9 Å². The first kappa shape index (κ1) is 11.0. The lowest BCUT2D eigenvalue weighted by atomic mass is 10.0. The first-order valence-corrected chi connectivity index (χ1v) is 5.55. The smallest absolute Gasteiger partial charge is 0.124 e. The van der Waals surface area contributed by atoms with E-state index >= 15 is 0 Å². The molecule has 1 aliphatic rings. The Morgan fingerprint density at radius 2 is 2.31 bits per heavy atom. The SMILES string of the molecule is C=C(C)C[C@H]1C(Br)=CCC[N+]1(C)C. The average molecular weight is 245 g/mol. The van der Waals surface area contributed by atoms with E-state index in [0.29, 0.717) is 6.04 Å². The number of nitrogens with zero attached hydrogens (tertiary/aromatic N) is 1. The highest BCUT2D eigenvalue weighted by Crippen LogP contribution is 2.30. The van der Waals surface area contributed by atoms with Gasteiger partial charge < -0.3 is 4.48 Å². The summed E-state index contributed by atoms with van der Waals surface area (Å²) >= 11 is 3.66. The lowest BCUT2D eigenvalue weighted by Gasteiger charge is -2.40. The predicted octanol–water partition coefficient (Wildman–Crippen LogP) is 3.08. The van der Waals surface area contributed by atoms with Crippen LogP contribution in [0.2, 0.25) is 0 Å². The summed E-state index contributed by atoms with van der Waals surface area (Å²) in [5.41, 5.74) is 1.27. The van der Waals surface area contributed by atoms with Crippen LogP contribution in [-0.4, -0.2) is 31.2 Å². The number of rotatable bonds is 2. The standard InChI is InChI=1S/C11H19BrN/c1-9(2)8-11-10(12)6-5-7-13(11,3)4/h6,11H,1,5,7-8H2,2-4H3/q+1/t11-/m0/s1. The third-order valence-corrected chi connectivity index (χ3v) is 3.60. The van der Waals surface area contributed by atoms with Crippen LogP contribution in [0.1, 0.15) is 19.8 Å². The minimum atomic E-state index is 0.575. The van der Waals surface area contributed by atoms with Crippen molar-refractivity contribution in [1.82, 2.24) is 0 Å². The highest BCUT2D eigenvalue weighted by molar-refractivity contribution is 9.11. The van der Waals surface area contributed by atoms with Gasteiger partial charge in [-0.25, -0.2) is 0 Å². The Labute approximate surface area is 89.8 Å². The zero-order chi connectivity index (χ0) is 10.1. The van der Waals surface area contributed by atoms with Crippen molar-refractivity contribution >= 4 is 15.9 Å². The van der Waals surface area contributed by atoms with Gasteiger partial charge in [0, 0.05) is 17.3 Å². The molecule has 0 aliphatic carbocycles. The summed E-state index contributed by atoms with van der Waals surface area (Å²) in [6.07, 6.45) is 4.57. The molecule has 1 nitrogen and oxygen atoms in total. The summed E-state index contributed by atoms with van der Waals surface area (Å²) in [5.74, 6) is 0. The average Bonchev–Trinajstić information content (AvgIpc) is 1.96. The van der Waals surface area contributed by atoms with Gasteiger partial charge in [-0.05, 0) is 22.9 Å². The molecule has 1 atom stereocenters. The third-order valence-electron chi connectivity index (χ3n) is 2.75. The zero-order valence-corrected chi connectivity index (χ0v) is 10.4. The molecule has 0 amide bonds. The van der Waals surface area contributed by atoms with E-state index in [1.54, 1.807) is 0 Å². The van der Waals surface area contributed by atoms with Gasteiger partial charge in [0.15, 0.2) is 0 Å². The van der Waals surface area contributed by atoms with Gasteiger partial charge in [-0.1, -0.05) is 18.2 Å². The highest BCUT2D eigenvalue weighted by Gasteiger charge is 2.32. The molecule has 1 rings (SSSR count). The van der Waals surface area contributed by atoms with Crippen molar-refractivity contribution in [2.24, 2.45) is 0 Å². The second-order valence-corrected chi connectivity index (χ2v) is 5.47. The van der Waals surface area contributed by atoms with E-state index in [-0.39, 0.29) is 0 Å². The van der Waals surface area contributed by atoms with Gasteiger partial charge in [0.25, 0.3) is 0 Å². The van der Waals surface area contributed by atoms with Crippen molar-refractivity contribution in [1.29, 1.82) is 0 Å². The maximum absolute atomic E-state index is 3.99. The quantitative estimate of drug-likeness (QED) is 0.518. The molecule has 74 valence electrons. The van der Waals surface area contributed by atoms with Crippen molar-refractivity contribution in [3.63, 3.8) is 0 Å². The van der Waals surface area contributed by atoms with E-state index in [9.17, 15) is 0 Å². The molecule has 0 aromatic rings. The molecule has 0 fully saturated rings. The maximum Gasteiger partial charge on any atom is 0.124 e. The maximum atomic E-state index is 3.99. The Hall–Kier alpha value is -0.0800. The molecular weight excluding hydrogens is 226 g/mol. The molecular formula is C11H19BrN+. The van der Waals surface area contributed by atoms with E-state index < -0.39 is 0 Å². The molecule has 13 heavy (non-hydrogen) atoms. The molecule has 0 aromatic carbocycles. The zero-order valence-electron chi connectivity index (χ0n) is 8.81. The lowest BCUT2D eigenvalue weighted by molar-refractivity contribution is -0.910. The second-order valence-electron chi connectivity index (χ2n) is 4.56. The topological polar surface area (TPSA) is 0 Å². The first-order valence-electron chi connectivity index (χ1n) is 4.76. The van der Waals surface area contributed by atoms with Crippen LogP contribution in [0.4, 0.5) is 0 Å². The van der Waals surface area contributed by atoms with Gasteiger partial charge in [0.2, 0.25) is 0 Å². The number of hydrogen-bond acceptors (Lipinski definition) is 0. The predicted molar refractivity (Wildman–Crippen MR) is 61.8 cm³/mol. The molecule has 0 N–H and O–H groups in total. The largest absolute Gasteiger partial charge is 0.321 e. The fourth-order valence-electron chi connectivity index (χ4n) is 1.84. The van der Waals surface area contributed by atoms with Crippen molar-refractivity contribution in [2.75, 3.05) is 20.6 Å². The summed E-state index contributed by atoms with van der Waals surface area (Å²) in [6.45, 7) is 7.33. The fraction of sp³-hybridized carbons (Fsp3) is 0.636. The Kier molecular flexibility index (Phi) is 3.36. The van der Waals surface area contributed by atoms with E-state index in [1.165, 1.54) is 23.0 Å². The van der Waals surface area contributed by atoms with Crippen LogP contribution in [0.15, 0.2) is 22.7 Å². The molecule has 0 saturated carbocycles. The van der Waals surface area contributed by atoms with Crippen LogP contribution < -0.4 is 0 Å². The minimum Gasteiger partial charge on any atom is -0.321 e. The molecule has 0 spiro atoms. The van der Waals surface area contributed by atoms with Crippen LogP contribution in [0.25, 0.3) is 0 Å². The van der Waals surface area contributed by atoms with Crippen LogP contribution in [0.3, 0.4) is 0 Å². The number of quaternary nitrogens is 1. The van der Waals surface area contributed by atoms with E-state index in [4.69, 9.17) is 0 Å². The van der Waals surface area contributed by atoms with Gasteiger partial charge in [0.1, 0.15) is 6.04 Å². The van der Waals surface area contributed by atoms with E-state index in [1.807, 2.05) is 0 Å². The summed E-state index contributed by atoms with van der Waals surface area (Å²) in [4.78, 5) is 0. The van der Waals surface area contributed by atoms with Crippen molar-refractivity contribution < 1.29 is 4.48 Å². The van der Waals surface area contributed by atoms with Crippen molar-refractivity contribution in [3.05, 3.63) is 22.7 Å². The second kappa shape index (κ2) is 3.97. The Morgan fingerprint density at radius 3 is 2.77 bits per heavy atom. The van der Waals surface area contributed by atoms with Gasteiger partial charge in [-0.2, -0.15) is 0 Å². The molecule has 1 heterocycles. The lowest BCUT2D eigenvalue weighted by Crippen LogP contribution is -2.51. The summed E-state index contributed by atoms with van der Waals surface area (Å²) in [6, 6.07) is 0.575. The Bertz CT molecular complexity index is 240. The molecule has 1 aliphatic heterocycles. The number of hydrogen-bond donors (Lipinski definition) is 0. The van der Waals surface area contributed by atoms with Crippen LogP contribution in [0, 0.1) is 0 Å². The van der Waals surface area contributed by atoms with Crippen LogP contribution in [0.5, 0.6) is 0 Å². The molecule has 0 saturated heterocycles. The summed E-state index contributed by atoms with van der Waals surface area (Å²) < 4.78 is 2.43. The van der Waals surface area contributed by atoms with Crippen molar-refractivity contribution in [2.45, 2.75) is 25.8 Å². The highest BCUT2D eigenvalue weighted by atomic mass is 79.9. The summed E-state index contributed by atoms with van der Waals surface area (Å²) in [7, 11) is 4.59. The Balaban J connectivity index is 2.81. The van der Waals surface area contributed by atoms with E-state index in [2.05, 4.69) is 49.6 Å². The molecule has 0 radical (unpaired) electrons. The molecule has 0 aromatic heterocycles. The normalized spacial score (nSPS) is 26.8. The molecule has 0 unspecified atom stereocenters. The van der Waals surface area contributed by atoms with Crippen LogP contribution in [-0.2, 0) is 0 Å². The van der Waals surface area contributed by atoms with Gasteiger partial charge in [-0.15, -0.1) is 0 Å².